The van der Waals surface area contributed by atoms with Gasteiger partial charge in [-0.1, -0.05) is 5.16 Å². The highest BCUT2D eigenvalue weighted by Crippen LogP contribution is 2.35. The summed E-state index contributed by atoms with van der Waals surface area (Å²) in [6.45, 7) is 0.972. The van der Waals surface area contributed by atoms with Gasteiger partial charge >= 0.3 is 6.09 Å². The molecule has 12 nitrogen and oxygen atoms in total. The van der Waals surface area contributed by atoms with Crippen molar-refractivity contribution in [1.82, 2.24) is 39.2 Å². The quantitative estimate of drug-likeness (QED) is 0.163. The molecule has 1 saturated heterocycles. The number of pyridine rings is 1. The summed E-state index contributed by atoms with van der Waals surface area (Å²) in [5, 5.41) is 8.58. The van der Waals surface area contributed by atoms with Crippen molar-refractivity contribution < 1.29 is 27.6 Å². The Morgan fingerprint density at radius 2 is 1.80 bits per heavy atom. The van der Waals surface area contributed by atoms with E-state index in [1.807, 2.05) is 10.6 Å². The number of carbonyl (C=O) groups is 2. The minimum absolute atomic E-state index is 0.00878. The first kappa shape index (κ1) is 29.0. The topological polar surface area (TPSA) is 134 Å². The molecule has 1 aromatic carbocycles. The lowest BCUT2D eigenvalue weighted by Gasteiger charge is -2.32. The Morgan fingerprint density at radius 3 is 2.57 bits per heavy atom. The highest BCUT2D eigenvalue weighted by molar-refractivity contribution is 5.97. The maximum absolute atomic E-state index is 13.8. The second kappa shape index (κ2) is 12.3. The average Bonchev–Trinajstić information content (AvgIpc) is 3.84. The number of likely N-dealkylation sites (tertiary alicyclic amines) is 1. The van der Waals surface area contributed by atoms with Crippen molar-refractivity contribution in [1.29, 1.82) is 0 Å². The number of Topliss-reactive ketones (excluding diaryl/α,β-unsaturated/α-hetero) is 1. The van der Waals surface area contributed by atoms with Crippen LogP contribution in [0.4, 0.5) is 13.6 Å². The highest BCUT2D eigenvalue weighted by Gasteiger charge is 2.28. The molecule has 14 heteroatoms. The third-order valence-corrected chi connectivity index (χ3v) is 7.87. The molecule has 0 radical (unpaired) electrons. The minimum Gasteiger partial charge on any atom is -0.443 e. The van der Waals surface area contributed by atoms with Gasteiger partial charge in [0.15, 0.2) is 11.4 Å². The van der Waals surface area contributed by atoms with Crippen molar-refractivity contribution >= 4 is 17.5 Å². The molecule has 5 aromatic heterocycles. The summed E-state index contributed by atoms with van der Waals surface area (Å²) in [6.07, 6.45) is 6.89. The first-order valence-corrected chi connectivity index (χ1v) is 14.6. The maximum atomic E-state index is 13.8. The van der Waals surface area contributed by atoms with Crippen LogP contribution in [0.5, 0.6) is 0 Å². The number of hydrogen-bond donors (Lipinski definition) is 0. The van der Waals surface area contributed by atoms with Crippen molar-refractivity contribution in [2.45, 2.75) is 31.9 Å². The SMILES string of the molecule is O=C(Cc1cn2nc(-c3c(-c4ccc(F)cc4)ncn3C3CCN(C(=O)OCc4ccon4)CC3)ccc2n1)c1ccnc(F)c1. The molecule has 6 aromatic rings. The predicted octanol–water partition coefficient (Wildman–Crippen LogP) is 5.32. The molecular weight excluding hydrogens is 598 g/mol. The Labute approximate surface area is 260 Å². The molecule has 0 bridgehead atoms. The number of nitrogens with zero attached hydrogens (tertiary/aromatic N) is 8. The molecule has 6 heterocycles. The van der Waals surface area contributed by atoms with E-state index in [0.717, 1.165) is 11.8 Å². The molecule has 232 valence electrons. The van der Waals surface area contributed by atoms with Crippen LogP contribution in [0.2, 0.25) is 0 Å². The van der Waals surface area contributed by atoms with Gasteiger partial charge in [0.25, 0.3) is 0 Å². The summed E-state index contributed by atoms with van der Waals surface area (Å²) in [5.41, 5.74) is 4.39. The van der Waals surface area contributed by atoms with Gasteiger partial charge in [0, 0.05) is 48.6 Å². The lowest BCUT2D eigenvalue weighted by Crippen LogP contribution is -2.39. The fourth-order valence-electron chi connectivity index (χ4n) is 5.56. The molecule has 0 unspecified atom stereocenters. The number of piperidine rings is 1. The second-order valence-corrected chi connectivity index (χ2v) is 10.8. The van der Waals surface area contributed by atoms with E-state index in [9.17, 15) is 18.4 Å². The third-order valence-electron chi connectivity index (χ3n) is 7.87. The van der Waals surface area contributed by atoms with Crippen molar-refractivity contribution in [2.75, 3.05) is 13.1 Å². The molecule has 0 spiro atoms. The van der Waals surface area contributed by atoms with Gasteiger partial charge in [-0.05, 0) is 55.3 Å². The zero-order chi connectivity index (χ0) is 31.6. The smallest absolute Gasteiger partial charge is 0.410 e. The monoisotopic (exact) mass is 624 g/mol. The number of fused-ring (bicyclic) bond motifs is 1. The Morgan fingerprint density at radius 1 is 0.978 bits per heavy atom. The molecule has 7 rings (SSSR count). The lowest BCUT2D eigenvalue weighted by atomic mass is 10.0. The van der Waals surface area contributed by atoms with Gasteiger partial charge in [0.1, 0.15) is 30.1 Å². The standard InChI is InChI=1S/C32H26F2N8O4/c33-22-3-1-20(2-4-22)30-31(41(19-36-30)25-8-12-40(13-9-25)32(44)45-18-23-10-14-46-39-23)26-5-6-29-37-24(17-42(29)38-26)16-27(43)21-7-11-35-28(34)15-21/h1-7,10-11,14-15,17,19,25H,8-9,12-13,16,18H2. The van der Waals surface area contributed by atoms with Crippen LogP contribution in [-0.4, -0.2) is 64.2 Å². The molecule has 46 heavy (non-hydrogen) atoms. The second-order valence-electron chi connectivity index (χ2n) is 10.8. The van der Waals surface area contributed by atoms with Gasteiger partial charge in [0.05, 0.1) is 36.0 Å². The van der Waals surface area contributed by atoms with Gasteiger partial charge < -0.3 is 18.7 Å². The summed E-state index contributed by atoms with van der Waals surface area (Å²) >= 11 is 0. The van der Waals surface area contributed by atoms with Gasteiger partial charge in [0.2, 0.25) is 5.95 Å². The van der Waals surface area contributed by atoms with E-state index in [2.05, 4.69) is 15.1 Å². The fraction of sp³-hybridized carbons (Fsp3) is 0.219. The molecule has 0 aliphatic carbocycles. The molecule has 1 aliphatic heterocycles. The van der Waals surface area contributed by atoms with Crippen molar-refractivity contribution in [3.63, 3.8) is 0 Å². The normalized spacial score (nSPS) is 13.7. The third kappa shape index (κ3) is 5.96. The first-order chi connectivity index (χ1) is 22.4. The molecule has 0 saturated carbocycles. The van der Waals surface area contributed by atoms with Crippen molar-refractivity contribution in [3.8, 4) is 22.6 Å². The summed E-state index contributed by atoms with van der Waals surface area (Å²) < 4.78 is 41.2. The summed E-state index contributed by atoms with van der Waals surface area (Å²) in [4.78, 5) is 39.8. The molecular formula is C32H26F2N8O4. The van der Waals surface area contributed by atoms with E-state index in [-0.39, 0.29) is 36.2 Å². The maximum Gasteiger partial charge on any atom is 0.410 e. The first-order valence-electron chi connectivity index (χ1n) is 14.6. The van der Waals surface area contributed by atoms with E-state index >= 15 is 0 Å². The van der Waals surface area contributed by atoms with E-state index < -0.39 is 12.0 Å². The zero-order valence-electron chi connectivity index (χ0n) is 24.3. The van der Waals surface area contributed by atoms with Gasteiger partial charge in [-0.15, -0.1) is 0 Å². The molecule has 0 atom stereocenters. The largest absolute Gasteiger partial charge is 0.443 e. The number of hydrogen-bond acceptors (Lipinski definition) is 9. The highest BCUT2D eigenvalue weighted by atomic mass is 19.1. The molecule has 1 amide bonds. The van der Waals surface area contributed by atoms with E-state index in [1.165, 1.54) is 30.7 Å². The van der Waals surface area contributed by atoms with E-state index in [4.69, 9.17) is 19.3 Å². The number of aromatic nitrogens is 7. The van der Waals surface area contributed by atoms with Crippen LogP contribution in [0.15, 0.2) is 84.1 Å². The minimum atomic E-state index is -0.728. The Balaban J connectivity index is 1.15. The average molecular weight is 625 g/mol. The summed E-state index contributed by atoms with van der Waals surface area (Å²) in [7, 11) is 0. The number of ether oxygens (including phenoxy) is 1. The van der Waals surface area contributed by atoms with Crippen LogP contribution in [0, 0.1) is 11.8 Å². The number of rotatable bonds is 8. The van der Waals surface area contributed by atoms with Crippen molar-refractivity contribution in [2.24, 2.45) is 0 Å². The number of halogens is 2. The number of ketones is 1. The van der Waals surface area contributed by atoms with Crippen LogP contribution in [0.25, 0.3) is 28.3 Å². The Hall–Kier alpha value is -5.79. The number of carbonyl (C=O) groups excluding carboxylic acids is 2. The van der Waals surface area contributed by atoms with Crippen LogP contribution in [0.3, 0.4) is 0 Å². The van der Waals surface area contributed by atoms with Gasteiger partial charge in [-0.25, -0.2) is 28.7 Å². The van der Waals surface area contributed by atoms with Crippen LogP contribution >= 0.6 is 0 Å². The van der Waals surface area contributed by atoms with E-state index in [1.54, 1.807) is 46.2 Å². The molecule has 1 fully saturated rings. The number of amides is 1. The van der Waals surface area contributed by atoms with Crippen LogP contribution < -0.4 is 0 Å². The van der Waals surface area contributed by atoms with Crippen LogP contribution in [-0.2, 0) is 17.8 Å². The number of benzene rings is 1. The van der Waals surface area contributed by atoms with Gasteiger partial charge in [-0.2, -0.15) is 9.49 Å². The molecule has 0 N–H and O–H groups in total. The lowest BCUT2D eigenvalue weighted by molar-refractivity contribution is 0.0815. The fourth-order valence-corrected chi connectivity index (χ4v) is 5.56. The Kier molecular flexibility index (Phi) is 7.74. The summed E-state index contributed by atoms with van der Waals surface area (Å²) in [5.74, 6) is -1.38. The Bertz CT molecular complexity index is 2020. The zero-order valence-corrected chi connectivity index (χ0v) is 24.3. The van der Waals surface area contributed by atoms with E-state index in [0.29, 0.717) is 59.9 Å². The molecule has 1 aliphatic rings. The van der Waals surface area contributed by atoms with Crippen molar-refractivity contribution in [3.05, 3.63) is 108 Å². The predicted molar refractivity (Wildman–Crippen MR) is 158 cm³/mol. The number of imidazole rings is 2. The van der Waals surface area contributed by atoms with Crippen LogP contribution in [0.1, 0.15) is 40.6 Å². The van der Waals surface area contributed by atoms with Gasteiger partial charge in [-0.3, -0.25) is 4.79 Å². The summed E-state index contributed by atoms with van der Waals surface area (Å²) in [6, 6.07) is 13.9.